The summed E-state index contributed by atoms with van der Waals surface area (Å²) in [5.41, 5.74) is 7.41. The highest BCUT2D eigenvalue weighted by Crippen LogP contribution is 2.26. The van der Waals surface area contributed by atoms with Gasteiger partial charge in [-0.15, -0.1) is 0 Å². The third-order valence-corrected chi connectivity index (χ3v) is 3.13. The van der Waals surface area contributed by atoms with Crippen LogP contribution in [0.5, 0.6) is 5.75 Å². The Balaban J connectivity index is 2.78. The molecule has 0 aliphatic heterocycles. The van der Waals surface area contributed by atoms with E-state index in [2.05, 4.69) is 0 Å². The second kappa shape index (κ2) is 6.87. The smallest absolute Gasteiger partial charge is 0.242 e. The zero-order valence-corrected chi connectivity index (χ0v) is 12.1. The van der Waals surface area contributed by atoms with E-state index >= 15 is 0 Å². The van der Waals surface area contributed by atoms with Gasteiger partial charge in [0.1, 0.15) is 5.75 Å². The molecular weight excluding hydrogens is 242 g/mol. The van der Waals surface area contributed by atoms with Gasteiger partial charge in [0.15, 0.2) is 0 Å². The minimum atomic E-state index is 0.0997. The normalized spacial score (nSPS) is 10.1. The Morgan fingerprint density at radius 2 is 1.95 bits per heavy atom. The minimum Gasteiger partial charge on any atom is -0.497 e. The first kappa shape index (κ1) is 15.1. The standard InChI is InChI=1S/C14H23N3O2/c1-5-17(6-2)14(18)10-16(3)13-8-7-11(19-4)9-12(13)15/h7-9H,5-6,10,15H2,1-4H3. The number of amides is 1. The number of carbonyl (C=O) groups excluding carboxylic acids is 1. The van der Waals surface area contributed by atoms with E-state index in [4.69, 9.17) is 10.5 Å². The molecule has 0 saturated heterocycles. The Morgan fingerprint density at radius 1 is 1.32 bits per heavy atom. The maximum absolute atomic E-state index is 12.0. The quantitative estimate of drug-likeness (QED) is 0.793. The first-order valence-corrected chi connectivity index (χ1v) is 6.45. The molecule has 2 N–H and O–H groups in total. The van der Waals surface area contributed by atoms with Crippen LogP contribution in [0.1, 0.15) is 13.8 Å². The van der Waals surface area contributed by atoms with Crippen molar-refractivity contribution in [3.8, 4) is 5.75 Å². The average molecular weight is 265 g/mol. The van der Waals surface area contributed by atoms with Crippen LogP contribution in [-0.4, -0.2) is 44.6 Å². The highest BCUT2D eigenvalue weighted by Gasteiger charge is 2.14. The molecule has 1 aromatic carbocycles. The topological polar surface area (TPSA) is 58.8 Å². The Kier molecular flexibility index (Phi) is 5.48. The number of carbonyl (C=O) groups is 1. The van der Waals surface area contributed by atoms with E-state index in [1.165, 1.54) is 0 Å². The van der Waals surface area contributed by atoms with E-state index in [0.717, 1.165) is 18.8 Å². The number of nitrogen functional groups attached to an aromatic ring is 1. The molecule has 1 rings (SSSR count). The Morgan fingerprint density at radius 3 is 2.42 bits per heavy atom. The summed E-state index contributed by atoms with van der Waals surface area (Å²) in [5, 5.41) is 0. The molecule has 5 heteroatoms. The first-order chi connectivity index (χ1) is 9.03. The molecule has 0 spiro atoms. The van der Waals surface area contributed by atoms with Gasteiger partial charge < -0.3 is 20.3 Å². The maximum atomic E-state index is 12.0. The van der Waals surface area contributed by atoms with E-state index < -0.39 is 0 Å². The van der Waals surface area contributed by atoms with Gasteiger partial charge in [-0.1, -0.05) is 0 Å². The predicted molar refractivity (Wildman–Crippen MR) is 78.6 cm³/mol. The number of hydrogen-bond acceptors (Lipinski definition) is 4. The zero-order valence-electron chi connectivity index (χ0n) is 12.1. The summed E-state index contributed by atoms with van der Waals surface area (Å²) in [6, 6.07) is 5.46. The van der Waals surface area contributed by atoms with Gasteiger partial charge in [-0.05, 0) is 26.0 Å². The summed E-state index contributed by atoms with van der Waals surface area (Å²) >= 11 is 0. The summed E-state index contributed by atoms with van der Waals surface area (Å²) in [6.07, 6.45) is 0. The molecule has 0 aliphatic carbocycles. The Labute approximate surface area is 114 Å². The number of methoxy groups -OCH3 is 1. The number of anilines is 2. The number of ether oxygens (including phenoxy) is 1. The van der Waals surface area contributed by atoms with Crippen molar-refractivity contribution in [1.29, 1.82) is 0 Å². The SMILES string of the molecule is CCN(CC)C(=O)CN(C)c1ccc(OC)cc1N. The maximum Gasteiger partial charge on any atom is 0.242 e. The molecule has 0 bridgehead atoms. The lowest BCUT2D eigenvalue weighted by Gasteiger charge is -2.25. The van der Waals surface area contributed by atoms with Gasteiger partial charge in [-0.25, -0.2) is 0 Å². The number of benzene rings is 1. The number of likely N-dealkylation sites (N-methyl/N-ethyl adjacent to an activating group) is 2. The second-order valence-electron chi connectivity index (χ2n) is 4.35. The van der Waals surface area contributed by atoms with Gasteiger partial charge in [0.25, 0.3) is 0 Å². The van der Waals surface area contributed by atoms with Crippen molar-refractivity contribution in [2.45, 2.75) is 13.8 Å². The van der Waals surface area contributed by atoms with Crippen LogP contribution < -0.4 is 15.4 Å². The van der Waals surface area contributed by atoms with Crippen molar-refractivity contribution >= 4 is 17.3 Å². The van der Waals surface area contributed by atoms with Crippen LogP contribution >= 0.6 is 0 Å². The van der Waals surface area contributed by atoms with Gasteiger partial charge >= 0.3 is 0 Å². The molecule has 5 nitrogen and oxygen atoms in total. The number of nitrogens with two attached hydrogens (primary N) is 1. The van der Waals surface area contributed by atoms with E-state index in [9.17, 15) is 4.79 Å². The van der Waals surface area contributed by atoms with Gasteiger partial charge in [0.2, 0.25) is 5.91 Å². The summed E-state index contributed by atoms with van der Waals surface area (Å²) in [4.78, 5) is 15.7. The van der Waals surface area contributed by atoms with Gasteiger partial charge in [-0.3, -0.25) is 4.79 Å². The van der Waals surface area contributed by atoms with Crippen LogP contribution in [0.25, 0.3) is 0 Å². The van der Waals surface area contributed by atoms with Crippen molar-refractivity contribution in [3.63, 3.8) is 0 Å². The van der Waals surface area contributed by atoms with Crippen molar-refractivity contribution in [2.75, 3.05) is 44.4 Å². The summed E-state index contributed by atoms with van der Waals surface area (Å²) in [6.45, 7) is 5.72. The summed E-state index contributed by atoms with van der Waals surface area (Å²) in [7, 11) is 3.46. The average Bonchev–Trinajstić information content (AvgIpc) is 2.39. The van der Waals surface area contributed by atoms with Crippen LogP contribution in [0, 0.1) is 0 Å². The zero-order chi connectivity index (χ0) is 14.4. The van der Waals surface area contributed by atoms with Crippen LogP contribution in [-0.2, 0) is 4.79 Å². The second-order valence-corrected chi connectivity index (χ2v) is 4.35. The molecule has 0 unspecified atom stereocenters. The molecule has 0 atom stereocenters. The molecular formula is C14H23N3O2. The summed E-state index contributed by atoms with van der Waals surface area (Å²) < 4.78 is 5.11. The molecule has 1 aromatic rings. The van der Waals surface area contributed by atoms with E-state index in [1.54, 1.807) is 18.1 Å². The number of hydrogen-bond donors (Lipinski definition) is 1. The molecule has 0 aromatic heterocycles. The largest absolute Gasteiger partial charge is 0.497 e. The lowest BCUT2D eigenvalue weighted by Crippen LogP contribution is -2.39. The fourth-order valence-electron chi connectivity index (χ4n) is 1.97. The Hall–Kier alpha value is -1.91. The predicted octanol–water partition coefficient (Wildman–Crippen LogP) is 1.58. The summed E-state index contributed by atoms with van der Waals surface area (Å²) in [5.74, 6) is 0.812. The third-order valence-electron chi connectivity index (χ3n) is 3.13. The molecule has 19 heavy (non-hydrogen) atoms. The fourth-order valence-corrected chi connectivity index (χ4v) is 1.97. The molecule has 0 aliphatic rings. The molecule has 0 fully saturated rings. The van der Waals surface area contributed by atoms with Gasteiger partial charge in [0.05, 0.1) is 25.0 Å². The lowest BCUT2D eigenvalue weighted by molar-refractivity contribution is -0.129. The Bertz CT molecular complexity index is 431. The molecule has 0 saturated carbocycles. The highest BCUT2D eigenvalue weighted by atomic mass is 16.5. The monoisotopic (exact) mass is 265 g/mol. The van der Waals surface area contributed by atoms with Crippen LogP contribution in [0.15, 0.2) is 18.2 Å². The van der Waals surface area contributed by atoms with Crippen LogP contribution in [0.2, 0.25) is 0 Å². The molecule has 0 radical (unpaired) electrons. The van der Waals surface area contributed by atoms with Crippen molar-refractivity contribution in [3.05, 3.63) is 18.2 Å². The van der Waals surface area contributed by atoms with Crippen molar-refractivity contribution in [1.82, 2.24) is 4.90 Å². The lowest BCUT2D eigenvalue weighted by atomic mass is 10.2. The third kappa shape index (κ3) is 3.77. The molecule has 0 heterocycles. The fraction of sp³-hybridized carbons (Fsp3) is 0.500. The van der Waals surface area contributed by atoms with Crippen molar-refractivity contribution in [2.24, 2.45) is 0 Å². The van der Waals surface area contributed by atoms with E-state index in [-0.39, 0.29) is 5.91 Å². The van der Waals surface area contributed by atoms with Crippen LogP contribution in [0.4, 0.5) is 11.4 Å². The van der Waals surface area contributed by atoms with Gasteiger partial charge in [-0.2, -0.15) is 0 Å². The van der Waals surface area contributed by atoms with Crippen molar-refractivity contribution < 1.29 is 9.53 Å². The van der Waals surface area contributed by atoms with Gasteiger partial charge in [0, 0.05) is 26.2 Å². The van der Waals surface area contributed by atoms with E-state index in [0.29, 0.717) is 18.0 Å². The number of nitrogens with zero attached hydrogens (tertiary/aromatic N) is 2. The highest BCUT2D eigenvalue weighted by molar-refractivity contribution is 5.83. The first-order valence-electron chi connectivity index (χ1n) is 6.45. The molecule has 106 valence electrons. The minimum absolute atomic E-state index is 0.0997. The number of rotatable bonds is 6. The van der Waals surface area contributed by atoms with E-state index in [1.807, 2.05) is 37.9 Å². The van der Waals surface area contributed by atoms with Crippen LogP contribution in [0.3, 0.4) is 0 Å². The molecule has 1 amide bonds.